The fourth-order valence-electron chi connectivity index (χ4n) is 2.16. The number of halogens is 2. The highest BCUT2D eigenvalue weighted by Gasteiger charge is 2.21. The number of benzene rings is 2. The molecule has 0 atom stereocenters. The van der Waals surface area contributed by atoms with E-state index in [1.54, 1.807) is 24.3 Å². The average Bonchev–Trinajstić information content (AvgIpc) is 2.55. The maximum atomic E-state index is 12.0. The average molecular weight is 355 g/mol. The van der Waals surface area contributed by atoms with Crippen molar-refractivity contribution < 1.29 is 14.3 Å². The van der Waals surface area contributed by atoms with Crippen molar-refractivity contribution in [2.24, 2.45) is 0 Å². The monoisotopic (exact) mass is 354 g/mol. The summed E-state index contributed by atoms with van der Waals surface area (Å²) in [5.41, 5.74) is 1.79. The molecule has 22 heavy (non-hydrogen) atoms. The first-order valence-electron chi connectivity index (χ1n) is 6.24. The summed E-state index contributed by atoms with van der Waals surface area (Å²) in [7, 11) is 1.31. The predicted molar refractivity (Wildman–Crippen MR) is 90.4 cm³/mol. The van der Waals surface area contributed by atoms with Crippen LogP contribution in [-0.2, 0) is 4.74 Å². The van der Waals surface area contributed by atoms with Crippen molar-refractivity contribution in [3.8, 4) is 11.1 Å². The molecule has 114 valence electrons. The van der Waals surface area contributed by atoms with Crippen LogP contribution in [0.2, 0.25) is 10.0 Å². The van der Waals surface area contributed by atoms with Gasteiger partial charge in [-0.1, -0.05) is 35.3 Å². The smallest absolute Gasteiger partial charge is 0.338 e. The molecule has 6 heteroatoms. The summed E-state index contributed by atoms with van der Waals surface area (Å²) in [6.07, 6.45) is 2.53. The zero-order valence-corrected chi connectivity index (χ0v) is 14.2. The summed E-state index contributed by atoms with van der Waals surface area (Å²) >= 11 is 13.6. The predicted octanol–water partition coefficient (Wildman–Crippen LogP) is 4.98. The number of methoxy groups -OCH3 is 1. The lowest BCUT2D eigenvalue weighted by Gasteiger charge is -2.15. The third kappa shape index (κ3) is 3.00. The fraction of sp³-hybridized carbons (Fsp3) is 0.125. The Balaban J connectivity index is 2.85. The second kappa shape index (κ2) is 7.18. The van der Waals surface area contributed by atoms with Crippen LogP contribution in [0.3, 0.4) is 0 Å². The molecule has 0 aliphatic heterocycles. The SMILES string of the molecule is COC(=O)c1cccc(SC)c1-c1ccc(Cl)c(Cl)c1C=O. The summed E-state index contributed by atoms with van der Waals surface area (Å²) < 4.78 is 4.83. The highest BCUT2D eigenvalue weighted by atomic mass is 35.5. The van der Waals surface area contributed by atoms with Gasteiger partial charge in [0.1, 0.15) is 0 Å². The van der Waals surface area contributed by atoms with Gasteiger partial charge in [0.2, 0.25) is 0 Å². The summed E-state index contributed by atoms with van der Waals surface area (Å²) in [6.45, 7) is 0. The van der Waals surface area contributed by atoms with E-state index in [9.17, 15) is 9.59 Å². The molecule has 0 aromatic heterocycles. The molecule has 2 rings (SSSR count). The van der Waals surface area contributed by atoms with Gasteiger partial charge in [-0.3, -0.25) is 4.79 Å². The van der Waals surface area contributed by atoms with Crippen LogP contribution >= 0.6 is 35.0 Å². The van der Waals surface area contributed by atoms with Crippen LogP contribution in [0.1, 0.15) is 20.7 Å². The molecule has 0 saturated carbocycles. The van der Waals surface area contributed by atoms with Gasteiger partial charge in [-0.05, 0) is 30.0 Å². The minimum atomic E-state index is -0.478. The first kappa shape index (κ1) is 16.9. The Kier molecular flexibility index (Phi) is 5.51. The van der Waals surface area contributed by atoms with Crippen LogP contribution in [0.25, 0.3) is 11.1 Å². The molecule has 0 heterocycles. The lowest BCUT2D eigenvalue weighted by Crippen LogP contribution is -2.05. The Labute approximate surface area is 142 Å². The van der Waals surface area contributed by atoms with Crippen LogP contribution in [0.15, 0.2) is 35.2 Å². The van der Waals surface area contributed by atoms with E-state index in [1.807, 2.05) is 12.3 Å². The number of ether oxygens (including phenoxy) is 1. The zero-order valence-electron chi connectivity index (χ0n) is 11.9. The van der Waals surface area contributed by atoms with Crippen molar-refractivity contribution in [3.05, 3.63) is 51.5 Å². The number of thioether (sulfide) groups is 1. The standard InChI is InChI=1S/C16H12Cl2O3S/c1-21-16(20)10-4-3-5-13(22-2)14(10)9-6-7-12(17)15(18)11(9)8-19/h3-8H,1-2H3. The zero-order chi connectivity index (χ0) is 16.3. The summed E-state index contributed by atoms with van der Waals surface area (Å²) in [4.78, 5) is 24.3. The van der Waals surface area contributed by atoms with Gasteiger partial charge in [-0.25, -0.2) is 4.79 Å². The molecular weight excluding hydrogens is 343 g/mol. The lowest BCUT2D eigenvalue weighted by atomic mass is 9.95. The first-order valence-corrected chi connectivity index (χ1v) is 8.22. The van der Waals surface area contributed by atoms with Crippen molar-refractivity contribution in [1.29, 1.82) is 0 Å². The van der Waals surface area contributed by atoms with Crippen LogP contribution < -0.4 is 0 Å². The molecular formula is C16H12Cl2O3S. The largest absolute Gasteiger partial charge is 0.465 e. The van der Waals surface area contributed by atoms with Crippen molar-refractivity contribution in [2.45, 2.75) is 4.90 Å². The number of carbonyl (C=O) groups excluding carboxylic acids is 2. The van der Waals surface area contributed by atoms with Gasteiger partial charge in [0.15, 0.2) is 6.29 Å². The minimum Gasteiger partial charge on any atom is -0.465 e. The van der Waals surface area contributed by atoms with E-state index in [-0.39, 0.29) is 15.6 Å². The maximum absolute atomic E-state index is 12.0. The van der Waals surface area contributed by atoms with Crippen molar-refractivity contribution in [3.63, 3.8) is 0 Å². The topological polar surface area (TPSA) is 43.4 Å². The van der Waals surface area contributed by atoms with E-state index in [0.29, 0.717) is 23.0 Å². The van der Waals surface area contributed by atoms with Crippen LogP contribution in [0.4, 0.5) is 0 Å². The van der Waals surface area contributed by atoms with Gasteiger partial charge in [-0.15, -0.1) is 11.8 Å². The Morgan fingerprint density at radius 3 is 2.55 bits per heavy atom. The van der Waals surface area contributed by atoms with E-state index >= 15 is 0 Å². The molecule has 2 aromatic rings. The summed E-state index contributed by atoms with van der Waals surface area (Å²) in [6, 6.07) is 8.56. The highest BCUT2D eigenvalue weighted by Crippen LogP contribution is 2.39. The molecule has 0 aliphatic rings. The molecule has 3 nitrogen and oxygen atoms in total. The van der Waals surface area contributed by atoms with Gasteiger partial charge in [0.05, 0.1) is 22.7 Å². The Bertz CT molecular complexity index is 744. The molecule has 0 aliphatic carbocycles. The number of hydrogen-bond donors (Lipinski definition) is 0. The van der Waals surface area contributed by atoms with E-state index < -0.39 is 5.97 Å². The molecule has 0 fully saturated rings. The Morgan fingerprint density at radius 2 is 1.95 bits per heavy atom. The molecule has 0 amide bonds. The third-order valence-corrected chi connectivity index (χ3v) is 4.77. The molecule has 0 spiro atoms. The molecule has 0 bridgehead atoms. The third-order valence-electron chi connectivity index (χ3n) is 3.17. The lowest BCUT2D eigenvalue weighted by molar-refractivity contribution is 0.0601. The van der Waals surface area contributed by atoms with Crippen molar-refractivity contribution in [2.75, 3.05) is 13.4 Å². The van der Waals surface area contributed by atoms with Gasteiger partial charge < -0.3 is 4.74 Å². The number of esters is 1. The number of aldehydes is 1. The van der Waals surface area contributed by atoms with E-state index in [0.717, 1.165) is 4.90 Å². The van der Waals surface area contributed by atoms with E-state index in [4.69, 9.17) is 27.9 Å². The second-order valence-corrected chi connectivity index (χ2v) is 5.95. The van der Waals surface area contributed by atoms with E-state index in [2.05, 4.69) is 0 Å². The first-order chi connectivity index (χ1) is 10.5. The van der Waals surface area contributed by atoms with Gasteiger partial charge in [0, 0.05) is 16.0 Å². The number of carbonyl (C=O) groups is 2. The molecule has 2 aromatic carbocycles. The second-order valence-electron chi connectivity index (χ2n) is 4.31. The van der Waals surface area contributed by atoms with Crippen molar-refractivity contribution in [1.82, 2.24) is 0 Å². The van der Waals surface area contributed by atoms with Crippen LogP contribution in [-0.4, -0.2) is 25.6 Å². The summed E-state index contributed by atoms with van der Waals surface area (Å²) in [5, 5.41) is 0.453. The van der Waals surface area contributed by atoms with Gasteiger partial charge in [-0.2, -0.15) is 0 Å². The quantitative estimate of drug-likeness (QED) is 0.441. The van der Waals surface area contributed by atoms with Gasteiger partial charge >= 0.3 is 5.97 Å². The summed E-state index contributed by atoms with van der Waals surface area (Å²) in [5.74, 6) is -0.478. The number of rotatable bonds is 4. The normalized spacial score (nSPS) is 10.4. The minimum absolute atomic E-state index is 0.167. The molecule has 0 saturated heterocycles. The Morgan fingerprint density at radius 1 is 1.23 bits per heavy atom. The van der Waals surface area contributed by atoms with Crippen LogP contribution in [0, 0.1) is 0 Å². The fourth-order valence-corrected chi connectivity index (χ4v) is 3.17. The highest BCUT2D eigenvalue weighted by molar-refractivity contribution is 7.98. The maximum Gasteiger partial charge on any atom is 0.338 e. The number of hydrogen-bond acceptors (Lipinski definition) is 4. The Hall–Kier alpha value is -1.49. The molecule has 0 unspecified atom stereocenters. The molecule has 0 N–H and O–H groups in total. The van der Waals surface area contributed by atoms with E-state index in [1.165, 1.54) is 18.9 Å². The molecule has 0 radical (unpaired) electrons. The van der Waals surface area contributed by atoms with Crippen LogP contribution in [0.5, 0.6) is 0 Å². The van der Waals surface area contributed by atoms with Crippen molar-refractivity contribution >= 4 is 47.2 Å². The van der Waals surface area contributed by atoms with Gasteiger partial charge in [0.25, 0.3) is 0 Å².